The van der Waals surface area contributed by atoms with Crippen LogP contribution in [-0.2, 0) is 0 Å². The topological polar surface area (TPSA) is 95.1 Å². The van der Waals surface area contributed by atoms with Crippen LogP contribution in [0, 0.1) is 21.4 Å². The molecule has 2 aliphatic heterocycles. The lowest BCUT2D eigenvalue weighted by molar-refractivity contribution is -0.384. The minimum absolute atomic E-state index is 0.0517. The second kappa shape index (κ2) is 5.66. The number of piperidine rings is 1. The van der Waals surface area contributed by atoms with Gasteiger partial charge in [-0.2, -0.15) is 5.26 Å². The molecular formula is C14H17N5O2. The van der Waals surface area contributed by atoms with Crippen LogP contribution in [0.15, 0.2) is 12.3 Å². The number of nitriles is 1. The van der Waals surface area contributed by atoms with Crippen LogP contribution in [-0.4, -0.2) is 40.0 Å². The molecule has 2 aliphatic rings. The third kappa shape index (κ3) is 2.67. The molecule has 2 atom stereocenters. The molecule has 0 spiro atoms. The van der Waals surface area contributed by atoms with Gasteiger partial charge in [0.25, 0.3) is 0 Å². The van der Waals surface area contributed by atoms with Gasteiger partial charge in [0.15, 0.2) is 0 Å². The zero-order valence-electron chi connectivity index (χ0n) is 11.7. The van der Waals surface area contributed by atoms with Gasteiger partial charge in [0.2, 0.25) is 5.82 Å². The molecule has 0 aromatic carbocycles. The monoisotopic (exact) mass is 287 g/mol. The highest BCUT2D eigenvalue weighted by Crippen LogP contribution is 2.31. The minimum Gasteiger partial charge on any atom is -0.361 e. The highest BCUT2D eigenvalue weighted by atomic mass is 16.6. The largest absolute Gasteiger partial charge is 0.361 e. The van der Waals surface area contributed by atoms with Crippen LogP contribution in [0.4, 0.5) is 11.5 Å². The molecule has 0 aliphatic carbocycles. The second-order valence-electron chi connectivity index (χ2n) is 5.62. The van der Waals surface area contributed by atoms with Gasteiger partial charge in [0.05, 0.1) is 4.92 Å². The van der Waals surface area contributed by atoms with Crippen LogP contribution in [0.3, 0.4) is 0 Å². The maximum Gasteiger partial charge on any atom is 0.328 e. The molecule has 1 aromatic heterocycles. The van der Waals surface area contributed by atoms with Crippen LogP contribution in [0.25, 0.3) is 0 Å². The fourth-order valence-corrected chi connectivity index (χ4v) is 3.38. The summed E-state index contributed by atoms with van der Waals surface area (Å²) in [6.07, 6.45) is 5.81. The minimum atomic E-state index is -0.529. The van der Waals surface area contributed by atoms with Crippen molar-refractivity contribution in [2.24, 2.45) is 0 Å². The van der Waals surface area contributed by atoms with Crippen molar-refractivity contribution in [1.29, 1.82) is 5.26 Å². The summed E-state index contributed by atoms with van der Waals surface area (Å²) < 4.78 is 0. The summed E-state index contributed by atoms with van der Waals surface area (Å²) in [5.41, 5.74) is -0.162. The Morgan fingerprint density at radius 1 is 1.48 bits per heavy atom. The zero-order valence-corrected chi connectivity index (χ0v) is 11.7. The van der Waals surface area contributed by atoms with Crippen molar-refractivity contribution in [2.45, 2.75) is 37.8 Å². The summed E-state index contributed by atoms with van der Waals surface area (Å²) in [6, 6.07) is 4.00. The molecule has 0 amide bonds. The first-order valence-electron chi connectivity index (χ1n) is 7.23. The Hall–Kier alpha value is -2.20. The fraction of sp³-hybridized carbons (Fsp3) is 0.571. The van der Waals surface area contributed by atoms with Crippen molar-refractivity contribution in [2.75, 3.05) is 18.4 Å². The maximum absolute atomic E-state index is 11.2. The van der Waals surface area contributed by atoms with Crippen LogP contribution in [0.5, 0.6) is 0 Å². The van der Waals surface area contributed by atoms with E-state index in [-0.39, 0.29) is 23.1 Å². The Kier molecular flexibility index (Phi) is 3.71. The van der Waals surface area contributed by atoms with Crippen molar-refractivity contribution >= 4 is 11.5 Å². The SMILES string of the molecule is N#Cc1ccnc(NC2CCN3CCCC3C2)c1[N+](=O)[O-]. The number of nitro groups is 1. The van der Waals surface area contributed by atoms with E-state index in [0.29, 0.717) is 6.04 Å². The molecule has 2 unspecified atom stereocenters. The van der Waals surface area contributed by atoms with E-state index in [9.17, 15) is 10.1 Å². The number of aromatic nitrogens is 1. The van der Waals surface area contributed by atoms with Gasteiger partial charge in [0, 0.05) is 24.8 Å². The van der Waals surface area contributed by atoms with Crippen LogP contribution in [0.1, 0.15) is 31.2 Å². The molecule has 3 rings (SSSR count). The van der Waals surface area contributed by atoms with E-state index in [2.05, 4.69) is 15.2 Å². The molecule has 0 saturated carbocycles. The lowest BCUT2D eigenvalue weighted by Gasteiger charge is -2.35. The second-order valence-corrected chi connectivity index (χ2v) is 5.62. The van der Waals surface area contributed by atoms with Crippen molar-refractivity contribution < 1.29 is 4.92 Å². The summed E-state index contributed by atoms with van der Waals surface area (Å²) in [6.45, 7) is 2.19. The predicted molar refractivity (Wildman–Crippen MR) is 76.8 cm³/mol. The summed E-state index contributed by atoms with van der Waals surface area (Å²) >= 11 is 0. The standard InChI is InChI=1S/C14H17N5O2/c15-9-10-3-5-16-14(13(10)19(20)21)17-11-4-7-18-6-1-2-12(18)8-11/h3,5,11-12H,1-2,4,6-8H2,(H,16,17). The molecular weight excluding hydrogens is 270 g/mol. The molecule has 7 nitrogen and oxygen atoms in total. The molecule has 3 heterocycles. The fourth-order valence-electron chi connectivity index (χ4n) is 3.38. The predicted octanol–water partition coefficient (Wildman–Crippen LogP) is 1.90. The van der Waals surface area contributed by atoms with Gasteiger partial charge in [0.1, 0.15) is 11.6 Å². The van der Waals surface area contributed by atoms with Gasteiger partial charge in [-0.05, 0) is 38.3 Å². The number of anilines is 1. The quantitative estimate of drug-likeness (QED) is 0.674. The van der Waals surface area contributed by atoms with Gasteiger partial charge in [-0.1, -0.05) is 0 Å². The molecule has 7 heteroatoms. The smallest absolute Gasteiger partial charge is 0.328 e. The number of pyridine rings is 1. The van der Waals surface area contributed by atoms with Crippen molar-refractivity contribution in [1.82, 2.24) is 9.88 Å². The molecule has 1 N–H and O–H groups in total. The number of fused-ring (bicyclic) bond motifs is 1. The number of rotatable bonds is 3. The van der Waals surface area contributed by atoms with Crippen molar-refractivity contribution in [3.05, 3.63) is 27.9 Å². The van der Waals surface area contributed by atoms with Gasteiger partial charge >= 0.3 is 5.69 Å². The highest BCUT2D eigenvalue weighted by molar-refractivity contribution is 5.64. The first-order chi connectivity index (χ1) is 10.2. The third-order valence-corrected chi connectivity index (χ3v) is 4.39. The van der Waals surface area contributed by atoms with Gasteiger partial charge in [-0.15, -0.1) is 0 Å². The lowest BCUT2D eigenvalue weighted by atomic mass is 9.97. The van der Waals surface area contributed by atoms with Crippen LogP contribution in [0.2, 0.25) is 0 Å². The average Bonchev–Trinajstić information content (AvgIpc) is 2.94. The number of hydrogen-bond donors (Lipinski definition) is 1. The number of nitrogens with one attached hydrogen (secondary N) is 1. The van der Waals surface area contributed by atoms with Gasteiger partial charge < -0.3 is 10.2 Å². The Labute approximate surface area is 122 Å². The van der Waals surface area contributed by atoms with E-state index in [1.54, 1.807) is 0 Å². The third-order valence-electron chi connectivity index (χ3n) is 4.39. The van der Waals surface area contributed by atoms with E-state index < -0.39 is 4.92 Å². The van der Waals surface area contributed by atoms with E-state index in [4.69, 9.17) is 5.26 Å². The van der Waals surface area contributed by atoms with E-state index in [1.807, 2.05) is 6.07 Å². The molecule has 21 heavy (non-hydrogen) atoms. The van der Waals surface area contributed by atoms with Crippen molar-refractivity contribution in [3.63, 3.8) is 0 Å². The molecule has 0 radical (unpaired) electrons. The van der Waals surface area contributed by atoms with Crippen LogP contribution >= 0.6 is 0 Å². The molecule has 110 valence electrons. The molecule has 1 aromatic rings. The summed E-state index contributed by atoms with van der Waals surface area (Å²) in [4.78, 5) is 17.2. The first-order valence-corrected chi connectivity index (χ1v) is 7.23. The summed E-state index contributed by atoms with van der Waals surface area (Å²) in [7, 11) is 0. The highest BCUT2D eigenvalue weighted by Gasteiger charge is 2.33. The lowest BCUT2D eigenvalue weighted by Crippen LogP contribution is -2.42. The molecule has 0 bridgehead atoms. The van der Waals surface area contributed by atoms with E-state index >= 15 is 0 Å². The van der Waals surface area contributed by atoms with Crippen molar-refractivity contribution in [3.8, 4) is 6.07 Å². The number of nitrogens with zero attached hydrogens (tertiary/aromatic N) is 4. The average molecular weight is 287 g/mol. The first kappa shape index (κ1) is 13.8. The van der Waals surface area contributed by atoms with E-state index in [0.717, 1.165) is 19.4 Å². The zero-order chi connectivity index (χ0) is 14.8. The van der Waals surface area contributed by atoms with E-state index in [1.165, 1.54) is 31.6 Å². The van der Waals surface area contributed by atoms with Gasteiger partial charge in [-0.3, -0.25) is 10.1 Å². The molecule has 2 saturated heterocycles. The summed E-state index contributed by atoms with van der Waals surface area (Å²) in [5, 5.41) is 23.4. The number of hydrogen-bond acceptors (Lipinski definition) is 6. The Bertz CT molecular complexity index is 598. The normalized spacial score (nSPS) is 25.1. The van der Waals surface area contributed by atoms with Crippen LogP contribution < -0.4 is 5.32 Å². The maximum atomic E-state index is 11.2. The summed E-state index contributed by atoms with van der Waals surface area (Å²) in [5.74, 6) is 0.218. The van der Waals surface area contributed by atoms with Gasteiger partial charge in [-0.25, -0.2) is 4.98 Å². The molecule has 2 fully saturated rings. The Morgan fingerprint density at radius 2 is 2.33 bits per heavy atom. The Morgan fingerprint density at radius 3 is 3.10 bits per heavy atom. The Balaban J connectivity index is 1.79.